The topological polar surface area (TPSA) is 60.9 Å². The van der Waals surface area contributed by atoms with Gasteiger partial charge in [0, 0.05) is 19.3 Å². The van der Waals surface area contributed by atoms with Crippen LogP contribution in [0.25, 0.3) is 0 Å². The number of thioether (sulfide) groups is 1. The Balaban J connectivity index is 2.03. The minimum Gasteiger partial charge on any atom is -0.480 e. The molecule has 1 N–H and O–H groups in total. The van der Waals surface area contributed by atoms with Crippen molar-refractivity contribution < 1.29 is 14.7 Å². The lowest BCUT2D eigenvalue weighted by molar-refractivity contribution is -0.141. The summed E-state index contributed by atoms with van der Waals surface area (Å²) in [6.45, 7) is 4.99. The molecule has 1 saturated carbocycles. The van der Waals surface area contributed by atoms with Gasteiger partial charge in [-0.2, -0.15) is 0 Å². The molecule has 4 unspecified atom stereocenters. The fourth-order valence-electron chi connectivity index (χ4n) is 2.76. The zero-order chi connectivity index (χ0) is 14.9. The number of aliphatic carboxylic acids is 1. The van der Waals surface area contributed by atoms with Crippen molar-refractivity contribution in [3.05, 3.63) is 0 Å². The van der Waals surface area contributed by atoms with Crippen LogP contribution in [0.5, 0.6) is 0 Å². The Kier molecular flexibility index (Phi) is 4.83. The molecule has 0 spiro atoms. The fourth-order valence-corrected chi connectivity index (χ4v) is 4.27. The van der Waals surface area contributed by atoms with E-state index in [2.05, 4.69) is 13.8 Å². The van der Waals surface area contributed by atoms with Crippen LogP contribution >= 0.6 is 11.8 Å². The van der Waals surface area contributed by atoms with Crippen molar-refractivity contribution in [1.82, 2.24) is 9.80 Å². The Labute approximate surface area is 124 Å². The Morgan fingerprint density at radius 1 is 1.45 bits per heavy atom. The molecule has 5 nitrogen and oxygen atoms in total. The third-order valence-electron chi connectivity index (χ3n) is 4.25. The molecular weight excluding hydrogens is 276 g/mol. The smallest absolute Gasteiger partial charge is 0.327 e. The molecule has 0 aromatic carbocycles. The van der Waals surface area contributed by atoms with E-state index < -0.39 is 12.0 Å². The van der Waals surface area contributed by atoms with Crippen molar-refractivity contribution in [2.24, 2.45) is 11.8 Å². The van der Waals surface area contributed by atoms with Gasteiger partial charge in [0.25, 0.3) is 0 Å². The van der Waals surface area contributed by atoms with Crippen molar-refractivity contribution in [3.8, 4) is 0 Å². The monoisotopic (exact) mass is 300 g/mol. The van der Waals surface area contributed by atoms with Crippen molar-refractivity contribution >= 4 is 23.8 Å². The number of urea groups is 1. The molecule has 114 valence electrons. The van der Waals surface area contributed by atoms with Crippen LogP contribution < -0.4 is 0 Å². The Morgan fingerprint density at radius 3 is 2.60 bits per heavy atom. The first-order chi connectivity index (χ1) is 9.45. The van der Waals surface area contributed by atoms with Crippen molar-refractivity contribution in [3.63, 3.8) is 0 Å². The molecule has 2 fully saturated rings. The molecule has 0 radical (unpaired) electrons. The van der Waals surface area contributed by atoms with Crippen LogP contribution in [0.2, 0.25) is 0 Å². The second-order valence-corrected chi connectivity index (χ2v) is 7.18. The van der Waals surface area contributed by atoms with E-state index >= 15 is 0 Å². The summed E-state index contributed by atoms with van der Waals surface area (Å²) in [5, 5.41) is 9.32. The van der Waals surface area contributed by atoms with E-state index in [-0.39, 0.29) is 11.4 Å². The summed E-state index contributed by atoms with van der Waals surface area (Å²) >= 11 is 1.59. The maximum atomic E-state index is 12.6. The Bertz CT molecular complexity index is 391. The molecule has 2 rings (SSSR count). The lowest BCUT2D eigenvalue weighted by Gasteiger charge is -2.31. The summed E-state index contributed by atoms with van der Waals surface area (Å²) in [5.41, 5.74) is 0. The van der Waals surface area contributed by atoms with Crippen LogP contribution in [0.1, 0.15) is 33.1 Å². The first kappa shape index (κ1) is 15.5. The molecule has 1 saturated heterocycles. The normalized spacial score (nSPS) is 32.2. The third kappa shape index (κ3) is 3.22. The van der Waals surface area contributed by atoms with E-state index in [0.29, 0.717) is 17.6 Å². The molecule has 0 aromatic rings. The highest BCUT2D eigenvalue weighted by atomic mass is 32.2. The highest BCUT2D eigenvalue weighted by molar-refractivity contribution is 8.00. The van der Waals surface area contributed by atoms with Gasteiger partial charge in [0.1, 0.15) is 6.04 Å². The zero-order valence-corrected chi connectivity index (χ0v) is 13.2. The van der Waals surface area contributed by atoms with Crippen LogP contribution in [0, 0.1) is 11.8 Å². The number of carbonyl (C=O) groups excluding carboxylic acids is 1. The Hall–Kier alpha value is -0.910. The van der Waals surface area contributed by atoms with Crippen LogP contribution in [0.15, 0.2) is 0 Å². The van der Waals surface area contributed by atoms with E-state index in [4.69, 9.17) is 0 Å². The molecule has 1 heterocycles. The fraction of sp³-hybridized carbons (Fsp3) is 0.857. The van der Waals surface area contributed by atoms with Gasteiger partial charge in [0.2, 0.25) is 0 Å². The van der Waals surface area contributed by atoms with Gasteiger partial charge in [-0.05, 0) is 24.7 Å². The van der Waals surface area contributed by atoms with E-state index in [9.17, 15) is 14.7 Å². The minimum absolute atomic E-state index is 0.00711. The van der Waals surface area contributed by atoms with E-state index in [1.54, 1.807) is 28.6 Å². The summed E-state index contributed by atoms with van der Waals surface area (Å²) in [6.07, 6.45) is 2.98. The average molecular weight is 300 g/mol. The number of carboxylic acid groups (broad SMARTS) is 1. The third-order valence-corrected chi connectivity index (χ3v) is 5.60. The maximum Gasteiger partial charge on any atom is 0.327 e. The lowest BCUT2D eigenvalue weighted by atomic mass is 10.2. The highest BCUT2D eigenvalue weighted by Gasteiger charge is 2.43. The molecule has 0 bridgehead atoms. The quantitative estimate of drug-likeness (QED) is 0.846. The summed E-state index contributed by atoms with van der Waals surface area (Å²) in [7, 11) is 1.79. The number of rotatable bonds is 5. The van der Waals surface area contributed by atoms with Crippen molar-refractivity contribution in [2.45, 2.75) is 44.5 Å². The van der Waals surface area contributed by atoms with Gasteiger partial charge in [-0.3, -0.25) is 4.90 Å². The molecule has 2 aliphatic rings. The van der Waals surface area contributed by atoms with Gasteiger partial charge in [0.15, 0.2) is 0 Å². The van der Waals surface area contributed by atoms with Gasteiger partial charge in [-0.1, -0.05) is 20.3 Å². The molecule has 4 atom stereocenters. The lowest BCUT2D eigenvalue weighted by Crippen LogP contribution is -2.51. The SMILES string of the molecule is CCCC1SCC(C(=O)O)N1C(=O)N(C)CC1CC1C. The number of hydrogen-bond acceptors (Lipinski definition) is 3. The van der Waals surface area contributed by atoms with E-state index in [1.807, 2.05) is 0 Å². The average Bonchev–Trinajstić information content (AvgIpc) is 2.91. The zero-order valence-electron chi connectivity index (χ0n) is 12.4. The van der Waals surface area contributed by atoms with Crippen LogP contribution in [0.3, 0.4) is 0 Å². The maximum absolute atomic E-state index is 12.6. The first-order valence-electron chi connectivity index (χ1n) is 7.33. The number of carboxylic acids is 1. The number of carbonyl (C=O) groups is 2. The second-order valence-electron chi connectivity index (χ2n) is 5.97. The van der Waals surface area contributed by atoms with Gasteiger partial charge >= 0.3 is 12.0 Å². The number of nitrogens with zero attached hydrogens (tertiary/aromatic N) is 2. The van der Waals surface area contributed by atoms with E-state index in [1.165, 1.54) is 6.42 Å². The molecule has 2 amide bonds. The summed E-state index contributed by atoms with van der Waals surface area (Å²) in [5.74, 6) is 0.893. The number of hydrogen-bond donors (Lipinski definition) is 1. The van der Waals surface area contributed by atoms with Crippen molar-refractivity contribution in [2.75, 3.05) is 19.3 Å². The van der Waals surface area contributed by atoms with E-state index in [0.717, 1.165) is 19.4 Å². The molecule has 0 aromatic heterocycles. The number of amides is 2. The summed E-state index contributed by atoms with van der Waals surface area (Å²) in [4.78, 5) is 27.2. The van der Waals surface area contributed by atoms with Crippen molar-refractivity contribution in [1.29, 1.82) is 0 Å². The van der Waals surface area contributed by atoms with Gasteiger partial charge in [-0.15, -0.1) is 11.8 Å². The van der Waals surface area contributed by atoms with Crippen LogP contribution in [-0.4, -0.2) is 57.7 Å². The second kappa shape index (κ2) is 6.24. The predicted molar refractivity (Wildman–Crippen MR) is 79.7 cm³/mol. The Morgan fingerprint density at radius 2 is 2.10 bits per heavy atom. The largest absolute Gasteiger partial charge is 0.480 e. The first-order valence-corrected chi connectivity index (χ1v) is 8.38. The molecule has 1 aliphatic carbocycles. The minimum atomic E-state index is -0.891. The highest BCUT2D eigenvalue weighted by Crippen LogP contribution is 2.39. The van der Waals surface area contributed by atoms with Gasteiger partial charge < -0.3 is 10.0 Å². The molecule has 20 heavy (non-hydrogen) atoms. The van der Waals surface area contributed by atoms with Crippen LogP contribution in [0.4, 0.5) is 4.79 Å². The van der Waals surface area contributed by atoms with Gasteiger partial charge in [-0.25, -0.2) is 9.59 Å². The molecule has 6 heteroatoms. The molecule has 1 aliphatic heterocycles. The summed E-state index contributed by atoms with van der Waals surface area (Å²) < 4.78 is 0. The van der Waals surface area contributed by atoms with Gasteiger partial charge in [0.05, 0.1) is 5.37 Å². The standard InChI is InChI=1S/C14H24N2O3S/c1-4-5-12-16(11(8-20-12)13(17)18)14(19)15(3)7-10-6-9(10)2/h9-12H,4-8H2,1-3H3,(H,17,18). The van der Waals surface area contributed by atoms with Crippen LogP contribution in [-0.2, 0) is 4.79 Å². The summed E-state index contributed by atoms with van der Waals surface area (Å²) in [6, 6.07) is -0.803. The molecular formula is C14H24N2O3S. The predicted octanol–water partition coefficient (Wildman–Crippen LogP) is 2.32.